The summed E-state index contributed by atoms with van der Waals surface area (Å²) in [5.41, 5.74) is 4.67. The predicted octanol–water partition coefficient (Wildman–Crippen LogP) is 3.91. The largest absolute Gasteiger partial charge is 0.339 e. The number of H-pyrrole nitrogens is 2. The molecule has 3 aromatic heterocycles. The van der Waals surface area contributed by atoms with Gasteiger partial charge in [-0.15, -0.1) is 0 Å². The van der Waals surface area contributed by atoms with Crippen molar-refractivity contribution in [3.8, 4) is 16.9 Å². The van der Waals surface area contributed by atoms with Crippen molar-refractivity contribution in [1.29, 1.82) is 0 Å². The van der Waals surface area contributed by atoms with Crippen LogP contribution in [0.15, 0.2) is 71.8 Å². The summed E-state index contributed by atoms with van der Waals surface area (Å²) in [5, 5.41) is 14.9. The zero-order valence-corrected chi connectivity index (χ0v) is 14.8. The molecule has 0 aliphatic heterocycles. The highest BCUT2D eigenvalue weighted by molar-refractivity contribution is 7.16. The first-order valence-electron chi connectivity index (χ1n) is 8.30. The fourth-order valence-corrected chi connectivity index (χ4v) is 3.70. The van der Waals surface area contributed by atoms with Gasteiger partial charge in [-0.25, -0.2) is 4.68 Å². The molecule has 132 valence electrons. The van der Waals surface area contributed by atoms with E-state index >= 15 is 0 Å². The number of fused-ring (bicyclic) bond motifs is 1. The Kier molecular flexibility index (Phi) is 3.61. The third-order valence-electron chi connectivity index (χ3n) is 4.22. The number of aromatic amines is 2. The summed E-state index contributed by atoms with van der Waals surface area (Å²) in [5.74, 6) is 0.711. The van der Waals surface area contributed by atoms with E-state index in [1.165, 1.54) is 11.3 Å². The van der Waals surface area contributed by atoms with Gasteiger partial charge in [0.25, 0.3) is 0 Å². The summed E-state index contributed by atoms with van der Waals surface area (Å²) >= 11 is 1.19. The van der Waals surface area contributed by atoms with E-state index < -0.39 is 0 Å². The number of thiazole rings is 1. The van der Waals surface area contributed by atoms with E-state index in [9.17, 15) is 4.79 Å². The van der Waals surface area contributed by atoms with Crippen LogP contribution in [-0.2, 0) is 0 Å². The van der Waals surface area contributed by atoms with Gasteiger partial charge >= 0.3 is 4.87 Å². The minimum atomic E-state index is -0.0530. The van der Waals surface area contributed by atoms with Crippen molar-refractivity contribution in [1.82, 2.24) is 25.0 Å². The topological polar surface area (TPSA) is 91.4 Å². The summed E-state index contributed by atoms with van der Waals surface area (Å²) in [6, 6.07) is 17.7. The van der Waals surface area contributed by atoms with Crippen molar-refractivity contribution in [2.45, 2.75) is 0 Å². The van der Waals surface area contributed by atoms with Crippen molar-refractivity contribution in [2.24, 2.45) is 0 Å². The van der Waals surface area contributed by atoms with Crippen LogP contribution in [0.4, 0.5) is 11.5 Å². The molecule has 0 amide bonds. The lowest BCUT2D eigenvalue weighted by atomic mass is 10.1. The second kappa shape index (κ2) is 6.26. The summed E-state index contributed by atoms with van der Waals surface area (Å²) in [4.78, 5) is 14.2. The number of nitrogens with zero attached hydrogens (tertiary/aromatic N) is 3. The molecule has 7 nitrogen and oxygen atoms in total. The van der Waals surface area contributed by atoms with Gasteiger partial charge in [0.1, 0.15) is 0 Å². The molecule has 8 heteroatoms. The molecule has 0 saturated carbocycles. The molecule has 0 aliphatic carbocycles. The van der Waals surface area contributed by atoms with Crippen LogP contribution in [0.2, 0.25) is 0 Å². The predicted molar refractivity (Wildman–Crippen MR) is 107 cm³/mol. The van der Waals surface area contributed by atoms with Crippen molar-refractivity contribution >= 4 is 33.1 Å². The van der Waals surface area contributed by atoms with Crippen molar-refractivity contribution in [3.63, 3.8) is 0 Å². The highest BCUT2D eigenvalue weighted by Crippen LogP contribution is 2.25. The SMILES string of the molecule is O=c1[nH]c2ccc(Nc3cc(-c4ccc(-n5cccn5)cc4)[nH]n3)cc2s1. The number of anilines is 2. The molecule has 5 rings (SSSR count). The molecule has 27 heavy (non-hydrogen) atoms. The van der Waals surface area contributed by atoms with Gasteiger partial charge in [0.05, 0.1) is 21.6 Å². The fraction of sp³-hybridized carbons (Fsp3) is 0. The minimum Gasteiger partial charge on any atom is -0.339 e. The Morgan fingerprint density at radius 1 is 1.07 bits per heavy atom. The first-order chi connectivity index (χ1) is 13.2. The van der Waals surface area contributed by atoms with Crippen molar-refractivity contribution < 1.29 is 0 Å². The second-order valence-corrected chi connectivity index (χ2v) is 7.03. The van der Waals surface area contributed by atoms with Gasteiger partial charge < -0.3 is 10.3 Å². The van der Waals surface area contributed by atoms with E-state index in [0.29, 0.717) is 5.82 Å². The second-order valence-electron chi connectivity index (χ2n) is 6.01. The maximum absolute atomic E-state index is 11.4. The normalized spacial score (nSPS) is 11.1. The molecule has 5 aromatic rings. The van der Waals surface area contributed by atoms with Crippen molar-refractivity contribution in [2.75, 3.05) is 5.32 Å². The van der Waals surface area contributed by atoms with Crippen LogP contribution < -0.4 is 10.2 Å². The highest BCUT2D eigenvalue weighted by Gasteiger charge is 2.06. The van der Waals surface area contributed by atoms with Crippen LogP contribution >= 0.6 is 11.3 Å². The third kappa shape index (κ3) is 3.02. The molecule has 3 heterocycles. The van der Waals surface area contributed by atoms with E-state index in [0.717, 1.165) is 32.8 Å². The van der Waals surface area contributed by atoms with Gasteiger partial charge in [0.2, 0.25) is 0 Å². The monoisotopic (exact) mass is 374 g/mol. The summed E-state index contributed by atoms with van der Waals surface area (Å²) in [6.45, 7) is 0. The molecule has 0 saturated heterocycles. The van der Waals surface area contributed by atoms with Crippen LogP contribution in [0, 0.1) is 0 Å². The first-order valence-corrected chi connectivity index (χ1v) is 9.12. The van der Waals surface area contributed by atoms with Gasteiger partial charge in [-0.05, 0) is 42.0 Å². The van der Waals surface area contributed by atoms with Gasteiger partial charge in [-0.3, -0.25) is 9.89 Å². The van der Waals surface area contributed by atoms with Gasteiger partial charge in [-0.2, -0.15) is 10.2 Å². The van der Waals surface area contributed by atoms with E-state index in [1.54, 1.807) is 6.20 Å². The molecular formula is C19H14N6OS. The van der Waals surface area contributed by atoms with E-state index in [2.05, 4.69) is 25.6 Å². The Bertz CT molecular complexity index is 1260. The zero-order valence-electron chi connectivity index (χ0n) is 14.0. The van der Waals surface area contributed by atoms with E-state index in [1.807, 2.05) is 65.5 Å². The molecule has 0 unspecified atom stereocenters. The third-order valence-corrected chi connectivity index (χ3v) is 5.06. The van der Waals surface area contributed by atoms with E-state index in [-0.39, 0.29) is 4.87 Å². The van der Waals surface area contributed by atoms with Crippen molar-refractivity contribution in [3.05, 3.63) is 76.7 Å². The standard InChI is InChI=1S/C19H14N6OS/c26-19-22-15-7-4-13(10-17(15)27-19)21-18-11-16(23-24-18)12-2-5-14(6-3-12)25-9-1-8-20-25/h1-11H,(H,22,26)(H2,21,23,24). The van der Waals surface area contributed by atoms with Gasteiger partial charge in [0.15, 0.2) is 5.82 Å². The molecule has 3 N–H and O–H groups in total. The van der Waals surface area contributed by atoms with Gasteiger partial charge in [0, 0.05) is 24.1 Å². The Morgan fingerprint density at radius 3 is 2.78 bits per heavy atom. The fourth-order valence-electron chi connectivity index (χ4n) is 2.92. The molecule has 0 spiro atoms. The number of rotatable bonds is 4. The molecular weight excluding hydrogens is 360 g/mol. The zero-order chi connectivity index (χ0) is 18.2. The average Bonchev–Trinajstić information content (AvgIpc) is 3.42. The Morgan fingerprint density at radius 2 is 1.96 bits per heavy atom. The Balaban J connectivity index is 1.38. The molecule has 0 aliphatic rings. The van der Waals surface area contributed by atoms with Crippen LogP contribution in [-0.4, -0.2) is 25.0 Å². The smallest absolute Gasteiger partial charge is 0.305 e. The first kappa shape index (κ1) is 15.6. The maximum atomic E-state index is 11.4. The number of benzene rings is 2. The average molecular weight is 374 g/mol. The lowest BCUT2D eigenvalue weighted by Gasteiger charge is -2.03. The molecule has 0 fully saturated rings. The van der Waals surface area contributed by atoms with Crippen LogP contribution in [0.3, 0.4) is 0 Å². The summed E-state index contributed by atoms with van der Waals surface area (Å²) in [6.07, 6.45) is 3.66. The molecule has 0 atom stereocenters. The number of nitrogens with one attached hydrogen (secondary N) is 3. The maximum Gasteiger partial charge on any atom is 0.305 e. The molecule has 0 bridgehead atoms. The van der Waals surface area contributed by atoms with E-state index in [4.69, 9.17) is 0 Å². The number of aromatic nitrogens is 5. The van der Waals surface area contributed by atoms with Crippen LogP contribution in [0.5, 0.6) is 0 Å². The highest BCUT2D eigenvalue weighted by atomic mass is 32.1. The number of hydrogen-bond acceptors (Lipinski definition) is 5. The number of hydrogen-bond donors (Lipinski definition) is 3. The minimum absolute atomic E-state index is 0.0530. The Labute approximate surface area is 157 Å². The van der Waals surface area contributed by atoms with Crippen LogP contribution in [0.1, 0.15) is 0 Å². The van der Waals surface area contributed by atoms with Crippen LogP contribution in [0.25, 0.3) is 27.2 Å². The Hall–Kier alpha value is -3.65. The van der Waals surface area contributed by atoms with Gasteiger partial charge in [-0.1, -0.05) is 23.5 Å². The molecule has 0 radical (unpaired) electrons. The lowest BCUT2D eigenvalue weighted by Crippen LogP contribution is -1.93. The summed E-state index contributed by atoms with van der Waals surface area (Å²) in [7, 11) is 0. The summed E-state index contributed by atoms with van der Waals surface area (Å²) < 4.78 is 2.73. The quantitative estimate of drug-likeness (QED) is 0.445. The molecule has 2 aromatic carbocycles. The lowest BCUT2D eigenvalue weighted by molar-refractivity contribution is 0.880.